The summed E-state index contributed by atoms with van der Waals surface area (Å²) < 4.78 is 0.985. The van der Waals surface area contributed by atoms with Crippen LogP contribution in [0.15, 0.2) is 46.9 Å². The Morgan fingerprint density at radius 3 is 2.85 bits per heavy atom. The molecule has 0 unspecified atom stereocenters. The molecule has 1 heterocycles. The highest BCUT2D eigenvalue weighted by Gasteiger charge is 2.09. The molecule has 0 bridgehead atoms. The van der Waals surface area contributed by atoms with Gasteiger partial charge in [0.05, 0.1) is 11.0 Å². The molecular formula is C14H11BrN4O. The summed E-state index contributed by atoms with van der Waals surface area (Å²) in [5.74, 6) is 5.56. The van der Waals surface area contributed by atoms with Crippen LogP contribution in [0.3, 0.4) is 0 Å². The van der Waals surface area contributed by atoms with Gasteiger partial charge in [-0.05, 0) is 30.3 Å². The highest BCUT2D eigenvalue weighted by molar-refractivity contribution is 9.10. The normalized spacial score (nSPS) is 10.7. The minimum Gasteiger partial charge on any atom is -0.338 e. The number of rotatable bonds is 2. The van der Waals surface area contributed by atoms with Gasteiger partial charge in [0.25, 0.3) is 5.91 Å². The molecule has 0 saturated heterocycles. The number of carbonyl (C=O) groups is 1. The summed E-state index contributed by atoms with van der Waals surface area (Å²) in [4.78, 5) is 19.2. The lowest BCUT2D eigenvalue weighted by atomic mass is 10.2. The van der Waals surface area contributed by atoms with Gasteiger partial charge in [0.15, 0.2) is 0 Å². The zero-order chi connectivity index (χ0) is 14.1. The summed E-state index contributed by atoms with van der Waals surface area (Å²) in [7, 11) is 0. The highest BCUT2D eigenvalue weighted by atomic mass is 79.9. The maximum absolute atomic E-state index is 11.5. The molecule has 0 atom stereocenters. The molecule has 20 heavy (non-hydrogen) atoms. The number of amides is 1. The lowest BCUT2D eigenvalue weighted by Crippen LogP contribution is -2.29. The fourth-order valence-electron chi connectivity index (χ4n) is 2.01. The number of aromatic amines is 1. The van der Waals surface area contributed by atoms with E-state index in [0.717, 1.165) is 26.9 Å². The van der Waals surface area contributed by atoms with Gasteiger partial charge < -0.3 is 4.98 Å². The van der Waals surface area contributed by atoms with Crippen LogP contribution in [0.25, 0.3) is 22.4 Å². The number of fused-ring (bicyclic) bond motifs is 1. The average Bonchev–Trinajstić information content (AvgIpc) is 2.89. The van der Waals surface area contributed by atoms with Crippen LogP contribution in [-0.4, -0.2) is 15.9 Å². The van der Waals surface area contributed by atoms with E-state index in [4.69, 9.17) is 5.84 Å². The first kappa shape index (κ1) is 12.8. The van der Waals surface area contributed by atoms with Crippen molar-refractivity contribution in [3.8, 4) is 11.4 Å². The number of halogens is 1. The van der Waals surface area contributed by atoms with Crippen LogP contribution in [0.1, 0.15) is 10.4 Å². The van der Waals surface area contributed by atoms with Crippen LogP contribution in [-0.2, 0) is 0 Å². The van der Waals surface area contributed by atoms with Gasteiger partial charge in [-0.15, -0.1) is 0 Å². The van der Waals surface area contributed by atoms with Crippen molar-refractivity contribution in [3.05, 3.63) is 52.5 Å². The molecule has 0 aliphatic heterocycles. The number of aromatic nitrogens is 2. The van der Waals surface area contributed by atoms with Gasteiger partial charge in [-0.2, -0.15) is 0 Å². The summed E-state index contributed by atoms with van der Waals surface area (Å²) >= 11 is 3.43. The number of imidazole rings is 1. The molecule has 1 aromatic heterocycles. The number of hydrogen-bond acceptors (Lipinski definition) is 3. The van der Waals surface area contributed by atoms with E-state index in [9.17, 15) is 4.79 Å². The Bertz CT molecular complexity index is 797. The van der Waals surface area contributed by atoms with Crippen LogP contribution in [0.2, 0.25) is 0 Å². The van der Waals surface area contributed by atoms with Crippen LogP contribution < -0.4 is 11.3 Å². The predicted octanol–water partition coefficient (Wildman–Crippen LogP) is 2.60. The number of nitrogen functional groups attached to an aromatic ring is 1. The molecule has 0 fully saturated rings. The van der Waals surface area contributed by atoms with Crippen molar-refractivity contribution >= 4 is 32.9 Å². The molecule has 4 N–H and O–H groups in total. The Kier molecular flexibility index (Phi) is 3.25. The Labute approximate surface area is 123 Å². The SMILES string of the molecule is NNC(=O)c1ccc2nc(-c3cccc(Br)c3)[nH]c2c1. The van der Waals surface area contributed by atoms with Gasteiger partial charge in [-0.3, -0.25) is 10.2 Å². The molecule has 1 amide bonds. The minimum absolute atomic E-state index is 0.328. The number of hydrazine groups is 1. The van der Waals surface area contributed by atoms with Crippen molar-refractivity contribution in [2.75, 3.05) is 0 Å². The molecule has 0 saturated carbocycles. The molecule has 100 valence electrons. The van der Waals surface area contributed by atoms with Crippen molar-refractivity contribution in [1.29, 1.82) is 0 Å². The smallest absolute Gasteiger partial charge is 0.265 e. The van der Waals surface area contributed by atoms with Gasteiger partial charge in [-0.25, -0.2) is 10.8 Å². The first-order valence-corrected chi connectivity index (χ1v) is 6.73. The van der Waals surface area contributed by atoms with E-state index < -0.39 is 0 Å². The highest BCUT2D eigenvalue weighted by Crippen LogP contribution is 2.23. The Morgan fingerprint density at radius 1 is 1.25 bits per heavy atom. The monoisotopic (exact) mass is 330 g/mol. The second-order valence-corrected chi connectivity index (χ2v) is 5.22. The average molecular weight is 331 g/mol. The third kappa shape index (κ3) is 2.31. The number of hydrogen-bond donors (Lipinski definition) is 3. The predicted molar refractivity (Wildman–Crippen MR) is 80.9 cm³/mol. The molecule has 3 aromatic rings. The number of carbonyl (C=O) groups excluding carboxylic acids is 1. The largest absolute Gasteiger partial charge is 0.338 e. The van der Waals surface area contributed by atoms with Crippen molar-refractivity contribution in [2.45, 2.75) is 0 Å². The van der Waals surface area contributed by atoms with E-state index in [0.29, 0.717) is 5.56 Å². The standard InChI is InChI=1S/C14H11BrN4O/c15-10-3-1-2-8(6-10)13-17-11-5-4-9(14(20)19-16)7-12(11)18-13/h1-7H,16H2,(H,17,18)(H,19,20). The lowest BCUT2D eigenvalue weighted by Gasteiger charge is -1.98. The van der Waals surface area contributed by atoms with Gasteiger partial charge >= 0.3 is 0 Å². The van der Waals surface area contributed by atoms with E-state index in [-0.39, 0.29) is 5.91 Å². The Balaban J connectivity index is 2.09. The fourth-order valence-corrected chi connectivity index (χ4v) is 2.41. The molecule has 6 heteroatoms. The van der Waals surface area contributed by atoms with Gasteiger partial charge in [0.2, 0.25) is 0 Å². The summed E-state index contributed by atoms with van der Waals surface area (Å²) in [6, 6.07) is 13.1. The maximum Gasteiger partial charge on any atom is 0.265 e. The number of nitrogens with one attached hydrogen (secondary N) is 2. The second kappa shape index (κ2) is 5.07. The van der Waals surface area contributed by atoms with Crippen LogP contribution >= 0.6 is 15.9 Å². The van der Waals surface area contributed by atoms with E-state index in [1.165, 1.54) is 0 Å². The molecular weight excluding hydrogens is 320 g/mol. The van der Waals surface area contributed by atoms with Crippen molar-refractivity contribution in [2.24, 2.45) is 5.84 Å². The minimum atomic E-state index is -0.328. The van der Waals surface area contributed by atoms with E-state index >= 15 is 0 Å². The quantitative estimate of drug-likeness (QED) is 0.383. The van der Waals surface area contributed by atoms with Crippen LogP contribution in [0.5, 0.6) is 0 Å². The molecule has 0 radical (unpaired) electrons. The topological polar surface area (TPSA) is 83.8 Å². The zero-order valence-electron chi connectivity index (χ0n) is 10.4. The van der Waals surface area contributed by atoms with Crippen molar-refractivity contribution in [1.82, 2.24) is 15.4 Å². The van der Waals surface area contributed by atoms with Gasteiger partial charge in [0.1, 0.15) is 5.82 Å². The number of H-pyrrole nitrogens is 1. The van der Waals surface area contributed by atoms with Crippen molar-refractivity contribution < 1.29 is 4.79 Å². The molecule has 2 aromatic carbocycles. The number of nitrogens with two attached hydrogens (primary N) is 1. The summed E-state index contributed by atoms with van der Waals surface area (Å²) in [6.07, 6.45) is 0. The molecule has 0 spiro atoms. The number of nitrogens with zero attached hydrogens (tertiary/aromatic N) is 1. The van der Waals surface area contributed by atoms with Crippen LogP contribution in [0, 0.1) is 0 Å². The summed E-state index contributed by atoms with van der Waals surface area (Å²) in [6.45, 7) is 0. The van der Waals surface area contributed by atoms with Gasteiger partial charge in [0, 0.05) is 15.6 Å². The number of benzene rings is 2. The fraction of sp³-hybridized carbons (Fsp3) is 0. The second-order valence-electron chi connectivity index (χ2n) is 4.30. The Hall–Kier alpha value is -2.18. The maximum atomic E-state index is 11.5. The third-order valence-electron chi connectivity index (χ3n) is 2.97. The Morgan fingerprint density at radius 2 is 2.10 bits per heavy atom. The first-order valence-electron chi connectivity index (χ1n) is 5.94. The van der Waals surface area contributed by atoms with E-state index in [2.05, 4.69) is 31.3 Å². The van der Waals surface area contributed by atoms with Gasteiger partial charge in [-0.1, -0.05) is 28.1 Å². The summed E-state index contributed by atoms with van der Waals surface area (Å²) in [5.41, 5.74) is 5.17. The molecule has 0 aliphatic rings. The van der Waals surface area contributed by atoms with Crippen LogP contribution in [0.4, 0.5) is 0 Å². The van der Waals surface area contributed by atoms with E-state index in [1.54, 1.807) is 18.2 Å². The third-order valence-corrected chi connectivity index (χ3v) is 3.47. The molecule has 5 nitrogen and oxygen atoms in total. The first-order chi connectivity index (χ1) is 9.67. The molecule has 0 aliphatic carbocycles. The van der Waals surface area contributed by atoms with E-state index in [1.807, 2.05) is 24.3 Å². The molecule has 3 rings (SSSR count). The lowest BCUT2D eigenvalue weighted by molar-refractivity contribution is 0.0954. The zero-order valence-corrected chi connectivity index (χ0v) is 11.9. The van der Waals surface area contributed by atoms with Crippen molar-refractivity contribution in [3.63, 3.8) is 0 Å². The summed E-state index contributed by atoms with van der Waals surface area (Å²) in [5, 5.41) is 0.